The lowest BCUT2D eigenvalue weighted by Crippen LogP contribution is -2.00. The van der Waals surface area contributed by atoms with Gasteiger partial charge in [0.15, 0.2) is 6.61 Å². The number of hydrogen-bond acceptors (Lipinski definition) is 8. The van der Waals surface area contributed by atoms with Gasteiger partial charge in [-0.05, 0) is 29.7 Å². The van der Waals surface area contributed by atoms with Gasteiger partial charge in [-0.2, -0.15) is 4.98 Å². The molecule has 0 spiro atoms. The lowest BCUT2D eigenvalue weighted by molar-refractivity contribution is -0.139. The lowest BCUT2D eigenvalue weighted by Gasteiger charge is -1.95. The number of aromatic nitrogens is 3. The maximum Gasteiger partial charge on any atom is 0.331 e. The second-order valence-electron chi connectivity index (χ2n) is 4.95. The Hall–Kier alpha value is -2.84. The van der Waals surface area contributed by atoms with Crippen molar-refractivity contribution in [3.8, 4) is 10.7 Å². The maximum atomic E-state index is 11.8. The molecule has 124 valence electrons. The van der Waals surface area contributed by atoms with Crippen molar-refractivity contribution in [3.05, 3.63) is 58.8 Å². The van der Waals surface area contributed by atoms with Crippen molar-refractivity contribution in [2.45, 2.75) is 6.61 Å². The number of nitrogens with zero attached hydrogens (tertiary/aromatic N) is 3. The fourth-order valence-corrected chi connectivity index (χ4v) is 3.62. The molecule has 0 aliphatic carbocycles. The SMILES string of the molecule is O=C(/C=C/c1nc2ccccc2s1)OCc1nc(-c2cccs2)no1. The predicted molar refractivity (Wildman–Crippen MR) is 96.1 cm³/mol. The van der Waals surface area contributed by atoms with Gasteiger partial charge in [-0.1, -0.05) is 23.4 Å². The molecule has 0 bridgehead atoms. The molecule has 0 aliphatic heterocycles. The number of benzene rings is 1. The van der Waals surface area contributed by atoms with E-state index >= 15 is 0 Å². The second-order valence-corrected chi connectivity index (χ2v) is 6.96. The van der Waals surface area contributed by atoms with Crippen LogP contribution < -0.4 is 0 Å². The third kappa shape index (κ3) is 3.65. The van der Waals surface area contributed by atoms with Crippen LogP contribution in [0.2, 0.25) is 0 Å². The van der Waals surface area contributed by atoms with E-state index < -0.39 is 5.97 Å². The van der Waals surface area contributed by atoms with Crippen molar-refractivity contribution >= 4 is 44.9 Å². The molecule has 3 heterocycles. The average Bonchev–Trinajstić information content (AvgIpc) is 3.37. The van der Waals surface area contributed by atoms with Gasteiger partial charge in [0.1, 0.15) is 5.01 Å². The Bertz CT molecular complexity index is 1000. The third-order valence-corrected chi connectivity index (χ3v) is 5.09. The van der Waals surface area contributed by atoms with Crippen LogP contribution in [0.25, 0.3) is 27.0 Å². The van der Waals surface area contributed by atoms with E-state index in [1.807, 2.05) is 41.8 Å². The van der Waals surface area contributed by atoms with Gasteiger partial charge in [0, 0.05) is 6.08 Å². The molecule has 4 rings (SSSR count). The highest BCUT2D eigenvalue weighted by Crippen LogP contribution is 2.23. The molecule has 0 atom stereocenters. The van der Waals surface area contributed by atoms with Gasteiger partial charge in [-0.25, -0.2) is 9.78 Å². The number of hydrogen-bond donors (Lipinski definition) is 0. The van der Waals surface area contributed by atoms with Crippen molar-refractivity contribution in [2.24, 2.45) is 0 Å². The second kappa shape index (κ2) is 6.96. The highest BCUT2D eigenvalue weighted by atomic mass is 32.1. The number of rotatable bonds is 5. The fraction of sp³-hybridized carbons (Fsp3) is 0.0588. The molecule has 3 aromatic heterocycles. The summed E-state index contributed by atoms with van der Waals surface area (Å²) < 4.78 is 11.3. The number of ether oxygens (including phenoxy) is 1. The van der Waals surface area contributed by atoms with Crippen LogP contribution in [0.15, 0.2) is 52.4 Å². The Morgan fingerprint density at radius 2 is 2.12 bits per heavy atom. The van der Waals surface area contributed by atoms with E-state index in [4.69, 9.17) is 9.26 Å². The van der Waals surface area contributed by atoms with Gasteiger partial charge in [-0.15, -0.1) is 22.7 Å². The van der Waals surface area contributed by atoms with Crippen LogP contribution in [0, 0.1) is 0 Å². The summed E-state index contributed by atoms with van der Waals surface area (Å²) in [5.41, 5.74) is 0.910. The molecule has 1 aromatic carbocycles. The Kier molecular flexibility index (Phi) is 4.36. The van der Waals surface area contributed by atoms with Crippen molar-refractivity contribution < 1.29 is 14.1 Å². The molecule has 8 heteroatoms. The molecule has 0 radical (unpaired) electrons. The van der Waals surface area contributed by atoms with E-state index in [0.717, 1.165) is 20.1 Å². The Morgan fingerprint density at radius 3 is 2.96 bits per heavy atom. The number of carbonyl (C=O) groups excluding carboxylic acids is 1. The minimum absolute atomic E-state index is 0.0681. The first-order chi connectivity index (χ1) is 12.3. The Labute approximate surface area is 150 Å². The number of esters is 1. The molecule has 0 saturated carbocycles. The quantitative estimate of drug-likeness (QED) is 0.388. The topological polar surface area (TPSA) is 78.1 Å². The monoisotopic (exact) mass is 369 g/mol. The van der Waals surface area contributed by atoms with Crippen molar-refractivity contribution in [2.75, 3.05) is 0 Å². The van der Waals surface area contributed by atoms with Gasteiger partial charge in [0.05, 0.1) is 15.1 Å². The summed E-state index contributed by atoms with van der Waals surface area (Å²) in [6.45, 7) is -0.0681. The van der Waals surface area contributed by atoms with Crippen molar-refractivity contribution in [3.63, 3.8) is 0 Å². The molecule has 0 N–H and O–H groups in total. The third-order valence-electron chi connectivity index (χ3n) is 3.22. The van der Waals surface area contributed by atoms with Gasteiger partial charge in [0.25, 0.3) is 5.89 Å². The largest absolute Gasteiger partial charge is 0.452 e. The first kappa shape index (κ1) is 15.7. The number of fused-ring (bicyclic) bond motifs is 1. The van der Waals surface area contributed by atoms with Gasteiger partial charge < -0.3 is 9.26 Å². The number of thiazole rings is 1. The summed E-state index contributed by atoms with van der Waals surface area (Å²) >= 11 is 3.02. The summed E-state index contributed by atoms with van der Waals surface area (Å²) in [6, 6.07) is 11.6. The standard InChI is InChI=1S/C17H11N3O3S2/c21-16(8-7-15-18-11-4-1-2-5-12(11)25-15)22-10-14-19-17(20-23-14)13-6-3-9-24-13/h1-9H,10H2/b8-7+. The van der Waals surface area contributed by atoms with Crippen LogP contribution in [0.4, 0.5) is 0 Å². The smallest absolute Gasteiger partial charge is 0.331 e. The van der Waals surface area contributed by atoms with E-state index in [2.05, 4.69) is 15.1 Å². The molecule has 6 nitrogen and oxygen atoms in total. The predicted octanol–water partition coefficient (Wildman–Crippen LogP) is 4.16. The summed E-state index contributed by atoms with van der Waals surface area (Å²) in [4.78, 5) is 21.3. The van der Waals surface area contributed by atoms with Crippen molar-refractivity contribution in [1.29, 1.82) is 0 Å². The molecule has 0 unspecified atom stereocenters. The molecule has 0 amide bonds. The summed E-state index contributed by atoms with van der Waals surface area (Å²) in [6.07, 6.45) is 2.98. The van der Waals surface area contributed by atoms with Gasteiger partial charge >= 0.3 is 5.97 Å². The first-order valence-corrected chi connectivity index (χ1v) is 9.04. The average molecular weight is 369 g/mol. The van der Waals surface area contributed by atoms with Crippen molar-refractivity contribution in [1.82, 2.24) is 15.1 Å². The molecule has 0 fully saturated rings. The van der Waals surface area contributed by atoms with Crippen LogP contribution in [0.1, 0.15) is 10.9 Å². The van der Waals surface area contributed by atoms with Gasteiger partial charge in [-0.3, -0.25) is 0 Å². The molecule has 0 aliphatic rings. The number of thiophene rings is 1. The molecule has 4 aromatic rings. The zero-order valence-corrected chi connectivity index (χ0v) is 14.4. The molecular weight excluding hydrogens is 358 g/mol. The first-order valence-electron chi connectivity index (χ1n) is 7.35. The van der Waals surface area contributed by atoms with E-state index in [1.54, 1.807) is 6.08 Å². The highest BCUT2D eigenvalue weighted by Gasteiger charge is 2.10. The highest BCUT2D eigenvalue weighted by molar-refractivity contribution is 7.19. The normalized spacial score (nSPS) is 11.4. The zero-order valence-electron chi connectivity index (χ0n) is 12.8. The van der Waals surface area contributed by atoms with E-state index in [0.29, 0.717) is 5.82 Å². The Balaban J connectivity index is 1.36. The zero-order chi connectivity index (χ0) is 17.1. The Morgan fingerprint density at radius 1 is 1.20 bits per heavy atom. The van der Waals surface area contributed by atoms with Crippen LogP contribution >= 0.6 is 22.7 Å². The molecule has 0 saturated heterocycles. The number of para-hydroxylation sites is 1. The molecular formula is C17H11N3O3S2. The van der Waals surface area contributed by atoms with Crippen LogP contribution in [-0.4, -0.2) is 21.1 Å². The van der Waals surface area contributed by atoms with Crippen LogP contribution in [0.5, 0.6) is 0 Å². The van der Waals surface area contributed by atoms with E-state index in [1.165, 1.54) is 28.7 Å². The lowest BCUT2D eigenvalue weighted by atomic mass is 10.3. The minimum Gasteiger partial charge on any atom is -0.452 e. The summed E-state index contributed by atoms with van der Waals surface area (Å²) in [5.74, 6) is 0.256. The van der Waals surface area contributed by atoms with E-state index in [-0.39, 0.29) is 12.5 Å². The molecule has 25 heavy (non-hydrogen) atoms. The summed E-state index contributed by atoms with van der Waals surface area (Å²) in [7, 11) is 0. The maximum absolute atomic E-state index is 11.8. The summed E-state index contributed by atoms with van der Waals surface area (Å²) in [5, 5.41) is 6.54. The fourth-order valence-electron chi connectivity index (χ4n) is 2.10. The van der Waals surface area contributed by atoms with Gasteiger partial charge in [0.2, 0.25) is 5.82 Å². The van der Waals surface area contributed by atoms with E-state index in [9.17, 15) is 4.79 Å². The van der Waals surface area contributed by atoms with Crippen LogP contribution in [0.3, 0.4) is 0 Å². The number of carbonyl (C=O) groups is 1. The minimum atomic E-state index is -0.491. The van der Waals surface area contributed by atoms with Crippen LogP contribution in [-0.2, 0) is 16.1 Å².